The fourth-order valence-electron chi connectivity index (χ4n) is 3.61. The van der Waals surface area contributed by atoms with E-state index in [0.29, 0.717) is 27.4 Å². The number of nitrogens with one attached hydrogen (secondary N) is 1. The number of anilines is 2. The molecule has 1 aromatic heterocycles. The number of aryl methyl sites for hydroxylation is 1. The van der Waals surface area contributed by atoms with Crippen LogP contribution in [-0.2, 0) is 9.59 Å². The largest absolute Gasteiger partial charge is 0.482 e. The summed E-state index contributed by atoms with van der Waals surface area (Å²) in [5, 5.41) is 3.81. The molecule has 2 heterocycles. The molecule has 154 valence electrons. The normalized spacial score (nSPS) is 16.0. The molecular formula is C22H19ClN2O5. The SMILES string of the molecule is Cc1cc(=O)oc2cc(OCC(=O)N3c4ccccc4NC(=O)C[C@@H]3C)c(Cl)cc12. The molecule has 0 spiro atoms. The van der Waals surface area contributed by atoms with Gasteiger partial charge < -0.3 is 19.4 Å². The van der Waals surface area contributed by atoms with E-state index in [4.69, 9.17) is 20.8 Å². The number of para-hydroxylation sites is 2. The highest BCUT2D eigenvalue weighted by Gasteiger charge is 2.29. The standard InChI is InChI=1S/C22H19ClN2O5/c1-12-7-22(28)30-18-10-19(15(23)9-14(12)18)29-11-21(27)25-13(2)8-20(26)24-16-5-3-4-6-17(16)25/h3-7,9-10,13H,8,11H2,1-2H3,(H,24,26)/t13-/m0/s1. The van der Waals surface area contributed by atoms with Crippen molar-refractivity contribution in [3.63, 3.8) is 0 Å². The van der Waals surface area contributed by atoms with Gasteiger partial charge in [-0.1, -0.05) is 23.7 Å². The van der Waals surface area contributed by atoms with E-state index in [0.717, 1.165) is 5.56 Å². The van der Waals surface area contributed by atoms with E-state index >= 15 is 0 Å². The topological polar surface area (TPSA) is 88.8 Å². The maximum Gasteiger partial charge on any atom is 0.336 e. The number of ether oxygens (including phenoxy) is 1. The second-order valence-corrected chi connectivity index (χ2v) is 7.61. The summed E-state index contributed by atoms with van der Waals surface area (Å²) in [7, 11) is 0. The van der Waals surface area contributed by atoms with Crippen molar-refractivity contribution in [1.82, 2.24) is 0 Å². The summed E-state index contributed by atoms with van der Waals surface area (Å²) >= 11 is 6.31. The molecule has 1 aliphatic heterocycles. The second kappa shape index (κ2) is 7.84. The molecule has 1 aliphatic rings. The summed E-state index contributed by atoms with van der Waals surface area (Å²) in [6.07, 6.45) is 0.168. The average molecular weight is 427 g/mol. The number of fused-ring (bicyclic) bond motifs is 2. The van der Waals surface area contributed by atoms with Crippen LogP contribution >= 0.6 is 11.6 Å². The van der Waals surface area contributed by atoms with Gasteiger partial charge in [-0.2, -0.15) is 0 Å². The van der Waals surface area contributed by atoms with Gasteiger partial charge in [-0.25, -0.2) is 4.79 Å². The molecule has 1 atom stereocenters. The number of hydrogen-bond acceptors (Lipinski definition) is 5. The summed E-state index contributed by atoms with van der Waals surface area (Å²) in [6.45, 7) is 3.29. The summed E-state index contributed by atoms with van der Waals surface area (Å²) in [6, 6.07) is 11.3. The number of carbonyl (C=O) groups is 2. The van der Waals surface area contributed by atoms with Gasteiger partial charge in [0.1, 0.15) is 11.3 Å². The van der Waals surface area contributed by atoms with Gasteiger partial charge in [0.2, 0.25) is 5.91 Å². The first kappa shape index (κ1) is 20.0. The lowest BCUT2D eigenvalue weighted by Crippen LogP contribution is -2.41. The van der Waals surface area contributed by atoms with Gasteiger partial charge in [-0.15, -0.1) is 0 Å². The number of nitrogens with zero attached hydrogens (tertiary/aromatic N) is 1. The number of amides is 2. The molecule has 1 N–H and O–H groups in total. The summed E-state index contributed by atoms with van der Waals surface area (Å²) < 4.78 is 10.9. The molecule has 4 rings (SSSR count). The van der Waals surface area contributed by atoms with Crippen LogP contribution in [0.5, 0.6) is 5.75 Å². The van der Waals surface area contributed by atoms with Crippen molar-refractivity contribution in [3.8, 4) is 5.75 Å². The molecule has 0 fully saturated rings. The first-order valence-electron chi connectivity index (χ1n) is 9.41. The zero-order valence-corrected chi connectivity index (χ0v) is 17.2. The molecule has 0 bridgehead atoms. The smallest absolute Gasteiger partial charge is 0.336 e. The van der Waals surface area contributed by atoms with Crippen LogP contribution in [-0.4, -0.2) is 24.5 Å². The van der Waals surface area contributed by atoms with Crippen LogP contribution in [0.3, 0.4) is 0 Å². The Kier molecular flexibility index (Phi) is 5.22. The van der Waals surface area contributed by atoms with Crippen LogP contribution in [0.4, 0.5) is 11.4 Å². The Hall–Kier alpha value is -3.32. The third-order valence-corrected chi connectivity index (χ3v) is 5.28. The Balaban J connectivity index is 1.61. The van der Waals surface area contributed by atoms with Gasteiger partial charge in [0.15, 0.2) is 6.61 Å². The zero-order chi connectivity index (χ0) is 21.4. The van der Waals surface area contributed by atoms with E-state index in [-0.39, 0.29) is 36.6 Å². The summed E-state index contributed by atoms with van der Waals surface area (Å²) in [5.74, 6) is -0.251. The molecule has 0 radical (unpaired) electrons. The zero-order valence-electron chi connectivity index (χ0n) is 16.4. The summed E-state index contributed by atoms with van der Waals surface area (Å²) in [4.78, 5) is 38.3. The van der Waals surface area contributed by atoms with E-state index in [1.165, 1.54) is 12.1 Å². The van der Waals surface area contributed by atoms with Crippen LogP contribution in [0, 0.1) is 6.92 Å². The average Bonchev–Trinajstić information content (AvgIpc) is 2.81. The fraction of sp³-hybridized carbons (Fsp3) is 0.227. The molecule has 3 aromatic rings. The number of hydrogen-bond donors (Lipinski definition) is 1. The molecule has 2 aromatic carbocycles. The Morgan fingerprint density at radius 1 is 1.27 bits per heavy atom. The van der Waals surface area contributed by atoms with Crippen LogP contribution < -0.4 is 20.6 Å². The van der Waals surface area contributed by atoms with Crippen molar-refractivity contribution < 1.29 is 18.7 Å². The second-order valence-electron chi connectivity index (χ2n) is 7.20. The highest BCUT2D eigenvalue weighted by molar-refractivity contribution is 6.32. The van der Waals surface area contributed by atoms with Gasteiger partial charge in [0, 0.05) is 30.0 Å². The van der Waals surface area contributed by atoms with E-state index in [1.807, 2.05) is 0 Å². The third-order valence-electron chi connectivity index (χ3n) is 4.98. The minimum atomic E-state index is -0.475. The Bertz CT molecular complexity index is 1220. The lowest BCUT2D eigenvalue weighted by molar-refractivity contribution is -0.121. The molecule has 8 heteroatoms. The minimum Gasteiger partial charge on any atom is -0.482 e. The molecule has 30 heavy (non-hydrogen) atoms. The maximum atomic E-state index is 13.0. The lowest BCUT2D eigenvalue weighted by atomic mass is 10.1. The molecule has 0 saturated heterocycles. The Labute approximate surface area is 177 Å². The Morgan fingerprint density at radius 2 is 2.03 bits per heavy atom. The van der Waals surface area contributed by atoms with Crippen LogP contribution in [0.2, 0.25) is 5.02 Å². The van der Waals surface area contributed by atoms with E-state index in [9.17, 15) is 14.4 Å². The quantitative estimate of drug-likeness (QED) is 0.641. The molecule has 2 amide bonds. The van der Waals surface area contributed by atoms with Crippen molar-refractivity contribution in [1.29, 1.82) is 0 Å². The minimum absolute atomic E-state index is 0.158. The van der Waals surface area contributed by atoms with E-state index < -0.39 is 5.63 Å². The maximum absolute atomic E-state index is 13.0. The molecular weight excluding hydrogens is 408 g/mol. The lowest BCUT2D eigenvalue weighted by Gasteiger charge is -2.27. The number of carbonyl (C=O) groups excluding carboxylic acids is 2. The van der Waals surface area contributed by atoms with Gasteiger partial charge in [0.05, 0.1) is 16.4 Å². The van der Waals surface area contributed by atoms with Crippen LogP contribution in [0.1, 0.15) is 18.9 Å². The molecule has 0 saturated carbocycles. The van der Waals surface area contributed by atoms with Crippen molar-refractivity contribution in [2.24, 2.45) is 0 Å². The van der Waals surface area contributed by atoms with E-state index in [2.05, 4.69) is 5.32 Å². The van der Waals surface area contributed by atoms with Crippen LogP contribution in [0.15, 0.2) is 51.7 Å². The number of benzene rings is 2. The molecule has 0 unspecified atom stereocenters. The van der Waals surface area contributed by atoms with Crippen LogP contribution in [0.25, 0.3) is 11.0 Å². The van der Waals surface area contributed by atoms with Crippen molar-refractivity contribution in [2.45, 2.75) is 26.3 Å². The van der Waals surface area contributed by atoms with Crippen molar-refractivity contribution in [3.05, 3.63) is 63.5 Å². The summed E-state index contributed by atoms with van der Waals surface area (Å²) in [5.41, 5.74) is 1.77. The number of halogens is 1. The first-order chi connectivity index (χ1) is 14.3. The Morgan fingerprint density at radius 3 is 2.83 bits per heavy atom. The molecule has 7 nitrogen and oxygen atoms in total. The predicted octanol–water partition coefficient (Wildman–Crippen LogP) is 3.90. The monoisotopic (exact) mass is 426 g/mol. The van der Waals surface area contributed by atoms with E-state index in [1.54, 1.807) is 49.1 Å². The number of rotatable bonds is 3. The van der Waals surface area contributed by atoms with Crippen molar-refractivity contribution >= 4 is 45.8 Å². The van der Waals surface area contributed by atoms with Gasteiger partial charge >= 0.3 is 5.63 Å². The highest BCUT2D eigenvalue weighted by Crippen LogP contribution is 2.33. The fourth-order valence-corrected chi connectivity index (χ4v) is 3.83. The van der Waals surface area contributed by atoms with Crippen molar-refractivity contribution in [2.75, 3.05) is 16.8 Å². The van der Waals surface area contributed by atoms with Gasteiger partial charge in [-0.05, 0) is 37.6 Å². The predicted molar refractivity (Wildman–Crippen MR) is 114 cm³/mol. The third kappa shape index (κ3) is 3.76. The molecule has 0 aliphatic carbocycles. The highest BCUT2D eigenvalue weighted by atomic mass is 35.5. The van der Waals surface area contributed by atoms with Gasteiger partial charge in [-0.3, -0.25) is 9.59 Å². The van der Waals surface area contributed by atoms with Gasteiger partial charge in [0.25, 0.3) is 5.91 Å². The first-order valence-corrected chi connectivity index (χ1v) is 9.79.